The molecule has 0 saturated carbocycles. The number of sulfonamides is 1. The van der Waals surface area contributed by atoms with Gasteiger partial charge in [-0.15, -0.1) is 0 Å². The van der Waals surface area contributed by atoms with Crippen molar-refractivity contribution in [2.75, 3.05) is 6.54 Å². The predicted octanol–water partition coefficient (Wildman–Crippen LogP) is 5.38. The third kappa shape index (κ3) is 7.70. The van der Waals surface area contributed by atoms with E-state index in [2.05, 4.69) is 9.62 Å². The second-order valence-electron chi connectivity index (χ2n) is 7.97. The first-order valence-corrected chi connectivity index (χ1v) is 13.1. The van der Waals surface area contributed by atoms with Crippen molar-refractivity contribution in [1.29, 1.82) is 0 Å². The number of carboxylic acids is 1. The van der Waals surface area contributed by atoms with E-state index in [1.165, 1.54) is 12.1 Å². The minimum absolute atomic E-state index is 0.0119. The van der Waals surface area contributed by atoms with E-state index in [4.69, 9.17) is 39.9 Å². The molecule has 1 aliphatic heterocycles. The van der Waals surface area contributed by atoms with Gasteiger partial charge in [0.2, 0.25) is 10.0 Å². The Kier molecular flexibility index (Phi) is 9.21. The first-order chi connectivity index (χ1) is 15.6. The summed E-state index contributed by atoms with van der Waals surface area (Å²) in [6, 6.07) is 11.2. The lowest BCUT2D eigenvalue weighted by molar-refractivity contribution is -0.137. The van der Waals surface area contributed by atoms with E-state index in [1.807, 2.05) is 24.3 Å². The van der Waals surface area contributed by atoms with Crippen LogP contribution in [0.15, 0.2) is 59.5 Å². The lowest BCUT2D eigenvalue weighted by Gasteiger charge is -2.22. The maximum absolute atomic E-state index is 12.8. The molecular weight excluding hydrogens is 507 g/mol. The van der Waals surface area contributed by atoms with Crippen LogP contribution >= 0.6 is 34.8 Å². The van der Waals surface area contributed by atoms with Gasteiger partial charge in [-0.25, -0.2) is 13.1 Å². The zero-order chi connectivity index (χ0) is 24.0. The number of unbranched alkanes of at least 4 members (excludes halogenated alkanes) is 1. The zero-order valence-electron chi connectivity index (χ0n) is 17.8. The van der Waals surface area contributed by atoms with Crippen molar-refractivity contribution in [2.45, 2.75) is 49.2 Å². The predicted molar refractivity (Wildman–Crippen MR) is 131 cm³/mol. The Morgan fingerprint density at radius 1 is 1.12 bits per heavy atom. The van der Waals surface area contributed by atoms with Crippen LogP contribution in [0.5, 0.6) is 0 Å². The normalized spacial score (nSPS) is 19.4. The highest BCUT2D eigenvalue weighted by Crippen LogP contribution is 2.27. The molecule has 1 saturated heterocycles. The average molecular weight is 532 g/mol. The fourth-order valence-corrected chi connectivity index (χ4v) is 5.49. The Hall–Kier alpha value is -1.61. The summed E-state index contributed by atoms with van der Waals surface area (Å²) in [6.45, 7) is 1.08. The molecule has 0 aliphatic carbocycles. The molecule has 1 heterocycles. The van der Waals surface area contributed by atoms with E-state index in [0.717, 1.165) is 5.56 Å². The molecule has 0 aromatic heterocycles. The summed E-state index contributed by atoms with van der Waals surface area (Å²) in [7, 11) is -3.69. The summed E-state index contributed by atoms with van der Waals surface area (Å²) in [5, 5.41) is 10.2. The van der Waals surface area contributed by atoms with Gasteiger partial charge >= 0.3 is 5.97 Å². The van der Waals surface area contributed by atoms with Crippen molar-refractivity contribution >= 4 is 50.8 Å². The highest BCUT2D eigenvalue weighted by Gasteiger charge is 2.33. The number of hydrogen-bond donors (Lipinski definition) is 2. The number of aliphatic carboxylic acids is 1. The number of nitrogens with one attached hydrogen (secondary N) is 1. The van der Waals surface area contributed by atoms with Crippen molar-refractivity contribution in [2.24, 2.45) is 0 Å². The van der Waals surface area contributed by atoms with Gasteiger partial charge in [0.15, 0.2) is 0 Å². The van der Waals surface area contributed by atoms with Crippen molar-refractivity contribution in [1.82, 2.24) is 9.62 Å². The summed E-state index contributed by atoms with van der Waals surface area (Å²) in [5.41, 5.74) is 0.967. The third-order valence-corrected chi connectivity index (χ3v) is 7.91. The number of likely N-dealkylation sites (tertiary alicyclic amines) is 1. The van der Waals surface area contributed by atoms with E-state index in [0.29, 0.717) is 47.4 Å². The van der Waals surface area contributed by atoms with E-state index in [1.54, 1.807) is 18.2 Å². The molecule has 2 aromatic rings. The molecule has 6 nitrogen and oxygen atoms in total. The number of halogens is 3. The minimum Gasteiger partial charge on any atom is -0.481 e. The maximum Gasteiger partial charge on any atom is 0.303 e. The molecule has 0 unspecified atom stereocenters. The topological polar surface area (TPSA) is 86.7 Å². The quantitative estimate of drug-likeness (QED) is 0.317. The molecule has 1 fully saturated rings. The van der Waals surface area contributed by atoms with E-state index in [9.17, 15) is 13.2 Å². The number of hydrogen-bond acceptors (Lipinski definition) is 4. The first kappa shape index (κ1) is 26.0. The zero-order valence-corrected chi connectivity index (χ0v) is 20.8. The van der Waals surface area contributed by atoms with Gasteiger partial charge in [-0.1, -0.05) is 53.0 Å². The Balaban J connectivity index is 1.72. The van der Waals surface area contributed by atoms with Gasteiger partial charge in [0.25, 0.3) is 0 Å². The van der Waals surface area contributed by atoms with Gasteiger partial charge in [0, 0.05) is 36.6 Å². The lowest BCUT2D eigenvalue weighted by atomic mass is 10.1. The Morgan fingerprint density at radius 2 is 1.85 bits per heavy atom. The SMILES string of the molecule is O=C(O)CCC/C=C\[C@@H]1C[C@@H](NS(=O)(=O)c2ccc(Cl)cc2)CN1Cc1ccc(Cl)c(Cl)c1. The van der Waals surface area contributed by atoms with Gasteiger partial charge in [-0.2, -0.15) is 0 Å². The molecule has 2 atom stereocenters. The molecule has 0 amide bonds. The van der Waals surface area contributed by atoms with Crippen molar-refractivity contribution in [3.05, 3.63) is 75.2 Å². The van der Waals surface area contributed by atoms with E-state index in [-0.39, 0.29) is 23.4 Å². The molecule has 2 N–H and O–H groups in total. The van der Waals surface area contributed by atoms with Gasteiger partial charge in [0.1, 0.15) is 0 Å². The van der Waals surface area contributed by atoms with Gasteiger partial charge in [0.05, 0.1) is 14.9 Å². The summed E-state index contributed by atoms with van der Waals surface area (Å²) in [6.07, 6.45) is 5.89. The van der Waals surface area contributed by atoms with Crippen LogP contribution in [0, 0.1) is 0 Å². The fourth-order valence-electron chi connectivity index (χ4n) is 3.80. The Labute approximate surface area is 209 Å². The van der Waals surface area contributed by atoms with E-state index < -0.39 is 16.0 Å². The Bertz CT molecular complexity index is 1110. The highest BCUT2D eigenvalue weighted by atomic mass is 35.5. The van der Waals surface area contributed by atoms with Crippen LogP contribution in [0.2, 0.25) is 15.1 Å². The van der Waals surface area contributed by atoms with E-state index >= 15 is 0 Å². The highest BCUT2D eigenvalue weighted by molar-refractivity contribution is 7.89. The van der Waals surface area contributed by atoms with Crippen molar-refractivity contribution in [3.63, 3.8) is 0 Å². The summed E-state index contributed by atoms with van der Waals surface area (Å²) >= 11 is 18.1. The van der Waals surface area contributed by atoms with Crippen LogP contribution in [-0.2, 0) is 21.4 Å². The van der Waals surface area contributed by atoms with Gasteiger partial charge in [-0.05, 0) is 61.2 Å². The smallest absolute Gasteiger partial charge is 0.303 e. The lowest BCUT2D eigenvalue weighted by Crippen LogP contribution is -2.37. The fraction of sp³-hybridized carbons (Fsp3) is 0.348. The summed E-state index contributed by atoms with van der Waals surface area (Å²) in [5.74, 6) is -0.817. The van der Waals surface area contributed by atoms with Crippen LogP contribution in [0.25, 0.3) is 0 Å². The van der Waals surface area contributed by atoms with Crippen LogP contribution in [0.4, 0.5) is 0 Å². The summed E-state index contributed by atoms with van der Waals surface area (Å²) in [4.78, 5) is 13.0. The number of rotatable bonds is 10. The van der Waals surface area contributed by atoms with Crippen LogP contribution in [0.1, 0.15) is 31.2 Å². The van der Waals surface area contributed by atoms with Crippen molar-refractivity contribution in [3.8, 4) is 0 Å². The minimum atomic E-state index is -3.69. The molecule has 2 aromatic carbocycles. The molecule has 10 heteroatoms. The second-order valence-corrected chi connectivity index (χ2v) is 10.9. The molecule has 178 valence electrons. The van der Waals surface area contributed by atoms with Crippen molar-refractivity contribution < 1.29 is 18.3 Å². The molecule has 3 rings (SSSR count). The summed E-state index contributed by atoms with van der Waals surface area (Å²) < 4.78 is 28.5. The molecule has 0 radical (unpaired) electrons. The standard InChI is InChI=1S/C23H25Cl3N2O4S/c24-17-7-9-20(10-8-17)33(31,32)27-18-13-19(4-2-1-3-5-23(29)30)28(15-18)14-16-6-11-21(25)22(26)12-16/h2,4,6-12,18-19,27H,1,3,5,13-15H2,(H,29,30)/b4-2-/t18-,19-/m1/s1. The first-order valence-electron chi connectivity index (χ1n) is 10.5. The number of benzene rings is 2. The third-order valence-electron chi connectivity index (χ3n) is 5.39. The maximum atomic E-state index is 12.8. The van der Waals surface area contributed by atoms with Gasteiger partial charge < -0.3 is 5.11 Å². The molecular formula is C23H25Cl3N2O4S. The number of carboxylic acid groups (broad SMARTS) is 1. The second kappa shape index (κ2) is 11.7. The molecule has 0 spiro atoms. The van der Waals surface area contributed by atoms with Crippen LogP contribution in [-0.4, -0.2) is 43.0 Å². The molecule has 0 bridgehead atoms. The van der Waals surface area contributed by atoms with Crippen LogP contribution < -0.4 is 4.72 Å². The number of nitrogens with zero attached hydrogens (tertiary/aromatic N) is 1. The largest absolute Gasteiger partial charge is 0.481 e. The monoisotopic (exact) mass is 530 g/mol. The van der Waals surface area contributed by atoms with Gasteiger partial charge in [-0.3, -0.25) is 9.69 Å². The van der Waals surface area contributed by atoms with Crippen LogP contribution in [0.3, 0.4) is 0 Å². The number of allylic oxidation sites excluding steroid dienone is 1. The number of carbonyl (C=O) groups is 1. The molecule has 33 heavy (non-hydrogen) atoms. The molecule has 1 aliphatic rings. The average Bonchev–Trinajstić information content (AvgIpc) is 3.10. The Morgan fingerprint density at radius 3 is 2.52 bits per heavy atom.